The number of methoxy groups -OCH3 is 1. The highest BCUT2D eigenvalue weighted by Crippen LogP contribution is 2.27. The van der Waals surface area contributed by atoms with Crippen LogP contribution in [0, 0.1) is 0 Å². The number of nitrogens with one attached hydrogen (secondary N) is 2. The lowest BCUT2D eigenvalue weighted by Gasteiger charge is -2.18. The van der Waals surface area contributed by atoms with Crippen molar-refractivity contribution < 1.29 is 14.3 Å². The molecule has 0 aliphatic heterocycles. The van der Waals surface area contributed by atoms with E-state index in [0.717, 1.165) is 5.56 Å². The Morgan fingerprint density at radius 1 is 1.21 bits per heavy atom. The van der Waals surface area contributed by atoms with E-state index < -0.39 is 12.1 Å². The topological polar surface area (TPSA) is 93.4 Å². The summed E-state index contributed by atoms with van der Waals surface area (Å²) in [7, 11) is 1.51. The SMILES string of the molecule is COc1ccc(NC(=O)C(Cc2ccccc2)NC(N)=O)cc1Cl. The average Bonchev–Trinajstić information content (AvgIpc) is 2.55. The lowest BCUT2D eigenvalue weighted by molar-refractivity contribution is -0.117. The van der Waals surface area contributed by atoms with Gasteiger partial charge in [-0.3, -0.25) is 4.79 Å². The van der Waals surface area contributed by atoms with Crippen LogP contribution in [0.1, 0.15) is 5.56 Å². The van der Waals surface area contributed by atoms with Crippen LogP contribution in [-0.2, 0) is 11.2 Å². The third-order valence-corrected chi connectivity index (χ3v) is 3.63. The van der Waals surface area contributed by atoms with Crippen molar-refractivity contribution in [3.05, 3.63) is 59.1 Å². The zero-order valence-electron chi connectivity index (χ0n) is 13.1. The summed E-state index contributed by atoms with van der Waals surface area (Å²) in [6.45, 7) is 0. The Hall–Kier alpha value is -2.73. The predicted octanol–water partition coefficient (Wildman–Crippen LogP) is 2.57. The minimum atomic E-state index is -0.800. The number of nitrogens with two attached hydrogens (primary N) is 1. The molecule has 0 radical (unpaired) electrons. The van der Waals surface area contributed by atoms with E-state index in [4.69, 9.17) is 22.1 Å². The molecule has 2 aromatic rings. The Morgan fingerprint density at radius 3 is 2.50 bits per heavy atom. The molecule has 0 fully saturated rings. The van der Waals surface area contributed by atoms with Gasteiger partial charge in [0.1, 0.15) is 11.8 Å². The van der Waals surface area contributed by atoms with Gasteiger partial charge < -0.3 is 21.1 Å². The molecule has 0 spiro atoms. The molecule has 2 rings (SSSR count). The Morgan fingerprint density at radius 2 is 1.92 bits per heavy atom. The van der Waals surface area contributed by atoms with Crippen LogP contribution in [0.4, 0.5) is 10.5 Å². The van der Waals surface area contributed by atoms with Gasteiger partial charge in [-0.1, -0.05) is 41.9 Å². The molecule has 126 valence electrons. The second-order valence-corrected chi connectivity index (χ2v) is 5.50. The van der Waals surface area contributed by atoms with Gasteiger partial charge >= 0.3 is 6.03 Å². The summed E-state index contributed by atoms with van der Waals surface area (Å²) in [5, 5.41) is 5.54. The maximum absolute atomic E-state index is 12.5. The number of anilines is 1. The third-order valence-electron chi connectivity index (χ3n) is 3.33. The summed E-state index contributed by atoms with van der Waals surface area (Å²) in [5.41, 5.74) is 6.57. The normalized spacial score (nSPS) is 11.4. The maximum Gasteiger partial charge on any atom is 0.312 e. The fourth-order valence-corrected chi connectivity index (χ4v) is 2.46. The smallest absolute Gasteiger partial charge is 0.312 e. The molecule has 0 heterocycles. The molecule has 6 nitrogen and oxygen atoms in total. The summed E-state index contributed by atoms with van der Waals surface area (Å²) >= 11 is 6.04. The lowest BCUT2D eigenvalue weighted by atomic mass is 10.1. The van der Waals surface area contributed by atoms with Crippen molar-refractivity contribution in [3.8, 4) is 5.75 Å². The molecule has 0 bridgehead atoms. The Bertz CT molecular complexity index is 722. The number of hydrogen-bond acceptors (Lipinski definition) is 3. The van der Waals surface area contributed by atoms with Crippen LogP contribution in [0.15, 0.2) is 48.5 Å². The molecule has 1 atom stereocenters. The first-order chi connectivity index (χ1) is 11.5. The molecule has 0 aromatic heterocycles. The first kappa shape index (κ1) is 17.6. The van der Waals surface area contributed by atoms with E-state index in [1.807, 2.05) is 30.3 Å². The number of rotatable bonds is 6. The van der Waals surface area contributed by atoms with E-state index in [1.54, 1.807) is 18.2 Å². The molecule has 2 aromatic carbocycles. The molecule has 24 heavy (non-hydrogen) atoms. The summed E-state index contributed by atoms with van der Waals surface area (Å²) in [4.78, 5) is 23.7. The van der Waals surface area contributed by atoms with Crippen LogP contribution in [-0.4, -0.2) is 25.1 Å². The van der Waals surface area contributed by atoms with E-state index in [0.29, 0.717) is 22.9 Å². The van der Waals surface area contributed by atoms with Gasteiger partial charge in [0.2, 0.25) is 5.91 Å². The number of benzene rings is 2. The van der Waals surface area contributed by atoms with Crippen LogP contribution in [0.2, 0.25) is 5.02 Å². The Balaban J connectivity index is 2.12. The van der Waals surface area contributed by atoms with E-state index in [-0.39, 0.29) is 5.91 Å². The van der Waals surface area contributed by atoms with Gasteiger partial charge in [0, 0.05) is 12.1 Å². The number of carbonyl (C=O) groups excluding carboxylic acids is 2. The van der Waals surface area contributed by atoms with Gasteiger partial charge in [0.25, 0.3) is 0 Å². The monoisotopic (exact) mass is 347 g/mol. The highest BCUT2D eigenvalue weighted by Gasteiger charge is 2.20. The second kappa shape index (κ2) is 8.21. The van der Waals surface area contributed by atoms with Crippen LogP contribution >= 0.6 is 11.6 Å². The summed E-state index contributed by atoms with van der Waals surface area (Å²) in [6, 6.07) is 12.6. The largest absolute Gasteiger partial charge is 0.495 e. The fraction of sp³-hybridized carbons (Fsp3) is 0.176. The number of primary amides is 1. The molecular formula is C17H18ClN3O3. The number of hydrogen-bond donors (Lipinski definition) is 3. The highest BCUT2D eigenvalue weighted by atomic mass is 35.5. The summed E-state index contributed by atoms with van der Waals surface area (Å²) in [5.74, 6) is 0.115. The average molecular weight is 348 g/mol. The molecule has 0 aliphatic carbocycles. The first-order valence-corrected chi connectivity index (χ1v) is 7.61. The standard InChI is InChI=1S/C17H18ClN3O3/c1-24-15-8-7-12(10-13(15)18)20-16(22)14(21-17(19)23)9-11-5-3-2-4-6-11/h2-8,10,14H,9H2,1H3,(H,20,22)(H3,19,21,23). The minimum Gasteiger partial charge on any atom is -0.495 e. The van der Waals surface area contributed by atoms with Crippen LogP contribution in [0.5, 0.6) is 5.75 Å². The number of carbonyl (C=O) groups is 2. The van der Waals surface area contributed by atoms with Crippen LogP contribution in [0.3, 0.4) is 0 Å². The number of amides is 3. The van der Waals surface area contributed by atoms with Gasteiger partial charge in [-0.25, -0.2) is 4.79 Å². The van der Waals surface area contributed by atoms with E-state index >= 15 is 0 Å². The van der Waals surface area contributed by atoms with Crippen molar-refractivity contribution in [1.82, 2.24) is 5.32 Å². The van der Waals surface area contributed by atoms with Gasteiger partial charge in [0.15, 0.2) is 0 Å². The zero-order valence-corrected chi connectivity index (χ0v) is 13.8. The molecule has 1 unspecified atom stereocenters. The molecule has 3 amide bonds. The quantitative estimate of drug-likeness (QED) is 0.749. The summed E-state index contributed by atoms with van der Waals surface area (Å²) < 4.78 is 5.07. The fourth-order valence-electron chi connectivity index (χ4n) is 2.20. The first-order valence-electron chi connectivity index (χ1n) is 7.24. The second-order valence-electron chi connectivity index (χ2n) is 5.09. The maximum atomic E-state index is 12.5. The molecule has 7 heteroatoms. The lowest BCUT2D eigenvalue weighted by Crippen LogP contribution is -2.47. The predicted molar refractivity (Wildman–Crippen MR) is 93.3 cm³/mol. The molecule has 4 N–H and O–H groups in total. The van der Waals surface area contributed by atoms with Gasteiger partial charge in [-0.15, -0.1) is 0 Å². The van der Waals surface area contributed by atoms with Gasteiger partial charge in [-0.2, -0.15) is 0 Å². The van der Waals surface area contributed by atoms with E-state index in [9.17, 15) is 9.59 Å². The van der Waals surface area contributed by atoms with Crippen molar-refractivity contribution >= 4 is 29.2 Å². The molecular weight excluding hydrogens is 330 g/mol. The molecule has 0 saturated heterocycles. The Labute approximate surface area is 144 Å². The van der Waals surface area contributed by atoms with Crippen molar-refractivity contribution in [2.45, 2.75) is 12.5 Å². The summed E-state index contributed by atoms with van der Waals surface area (Å²) in [6.07, 6.45) is 0.319. The number of halogens is 1. The van der Waals surface area contributed by atoms with E-state index in [2.05, 4.69) is 10.6 Å². The van der Waals surface area contributed by atoms with Crippen molar-refractivity contribution in [1.29, 1.82) is 0 Å². The van der Waals surface area contributed by atoms with Gasteiger partial charge in [0.05, 0.1) is 12.1 Å². The number of ether oxygens (including phenoxy) is 1. The molecule has 0 saturated carbocycles. The van der Waals surface area contributed by atoms with Crippen LogP contribution in [0.25, 0.3) is 0 Å². The van der Waals surface area contributed by atoms with Crippen molar-refractivity contribution in [3.63, 3.8) is 0 Å². The zero-order chi connectivity index (χ0) is 17.5. The van der Waals surface area contributed by atoms with Crippen molar-refractivity contribution in [2.75, 3.05) is 12.4 Å². The third kappa shape index (κ3) is 4.89. The minimum absolute atomic E-state index is 0.319. The van der Waals surface area contributed by atoms with Gasteiger partial charge in [-0.05, 0) is 23.8 Å². The van der Waals surface area contributed by atoms with Crippen molar-refractivity contribution in [2.24, 2.45) is 5.73 Å². The number of urea groups is 1. The Kier molecular flexibility index (Phi) is 6.03. The highest BCUT2D eigenvalue weighted by molar-refractivity contribution is 6.32. The van der Waals surface area contributed by atoms with E-state index in [1.165, 1.54) is 7.11 Å². The molecule has 0 aliphatic rings. The van der Waals surface area contributed by atoms with Crippen LogP contribution < -0.4 is 21.1 Å².